The van der Waals surface area contributed by atoms with Gasteiger partial charge in [0.15, 0.2) is 23.8 Å². The number of benzene rings is 1. The summed E-state index contributed by atoms with van der Waals surface area (Å²) < 4.78 is 7.19. The molecule has 1 amide bonds. The van der Waals surface area contributed by atoms with Gasteiger partial charge in [-0.1, -0.05) is 49.6 Å². The number of aromatic nitrogens is 4. The topological polar surface area (TPSA) is 148 Å². The summed E-state index contributed by atoms with van der Waals surface area (Å²) in [7, 11) is 0. The first-order valence-corrected chi connectivity index (χ1v) is 10.8. The van der Waals surface area contributed by atoms with E-state index < -0.39 is 30.4 Å². The summed E-state index contributed by atoms with van der Waals surface area (Å²) in [6.07, 6.45) is -1.08. The molecule has 1 saturated heterocycles. The van der Waals surface area contributed by atoms with Crippen molar-refractivity contribution >= 4 is 22.9 Å². The second kappa shape index (κ2) is 9.95. The van der Waals surface area contributed by atoms with Crippen LogP contribution in [0, 0.1) is 11.8 Å². The van der Waals surface area contributed by atoms with Gasteiger partial charge in [0.2, 0.25) is 5.82 Å². The monoisotopic (exact) mass is 450 g/mol. The molecular weight excluding hydrogens is 424 g/mol. The van der Waals surface area contributed by atoms with Crippen LogP contribution in [0.5, 0.6) is 0 Å². The summed E-state index contributed by atoms with van der Waals surface area (Å²) in [6.45, 7) is 2.35. The molecule has 3 aromatic rings. The number of nitrogen functional groups attached to an aromatic ring is 1. The smallest absolute Gasteiger partial charge is 0.252 e. The number of nitrogens with two attached hydrogens (primary N) is 1. The molecule has 0 spiro atoms. The largest absolute Gasteiger partial charge is 0.387 e. The van der Waals surface area contributed by atoms with Crippen molar-refractivity contribution in [2.45, 2.75) is 57.3 Å². The van der Waals surface area contributed by atoms with Crippen LogP contribution < -0.4 is 11.1 Å². The average molecular weight is 450 g/mol. The lowest BCUT2D eigenvalue weighted by Gasteiger charge is -2.16. The molecule has 0 radical (unpaired) electrons. The Morgan fingerprint density at radius 1 is 1.24 bits per heavy atom. The molecule has 3 heterocycles. The Morgan fingerprint density at radius 2 is 2.03 bits per heavy atom. The number of imidazole rings is 1. The fourth-order valence-corrected chi connectivity index (χ4v) is 3.58. The van der Waals surface area contributed by atoms with Crippen molar-refractivity contribution in [3.05, 3.63) is 48.0 Å². The molecule has 1 fully saturated rings. The summed E-state index contributed by atoms with van der Waals surface area (Å²) in [5.41, 5.74) is 7.53. The highest BCUT2D eigenvalue weighted by Gasteiger charge is 2.47. The lowest BCUT2D eigenvalue weighted by molar-refractivity contribution is -0.137. The first kappa shape index (κ1) is 22.7. The van der Waals surface area contributed by atoms with Crippen LogP contribution in [0.1, 0.15) is 43.8 Å². The van der Waals surface area contributed by atoms with Crippen LogP contribution in [0.4, 0.5) is 5.82 Å². The van der Waals surface area contributed by atoms with Crippen LogP contribution in [0.2, 0.25) is 0 Å². The van der Waals surface area contributed by atoms with Crippen molar-refractivity contribution < 1.29 is 19.7 Å². The molecule has 0 aliphatic carbocycles. The summed E-state index contributed by atoms with van der Waals surface area (Å²) in [5, 5.41) is 23.8. The predicted octanol–water partition coefficient (Wildman–Crippen LogP) is 0.886. The van der Waals surface area contributed by atoms with Gasteiger partial charge in [-0.15, -0.1) is 0 Å². The third-order valence-electron chi connectivity index (χ3n) is 5.38. The second-order valence-electron chi connectivity index (χ2n) is 7.79. The fraction of sp³-hybridized carbons (Fsp3) is 0.391. The molecule has 1 aliphatic heterocycles. The molecule has 172 valence electrons. The quantitative estimate of drug-likeness (QED) is 0.320. The van der Waals surface area contributed by atoms with E-state index in [2.05, 4.69) is 39.0 Å². The highest BCUT2D eigenvalue weighted by atomic mass is 16.6. The maximum atomic E-state index is 12.6. The number of anilines is 1. The van der Waals surface area contributed by atoms with Gasteiger partial charge in [-0.05, 0) is 17.9 Å². The number of nitrogens with zero attached hydrogens (tertiary/aromatic N) is 4. The SMILES string of the molecule is CCCCC#Cc1nc(N)c2ncn([C@@H]3O[C@H](C(=O)NCc4ccccc4)[C@@H](O)[C@H]3O)c2n1. The third-order valence-corrected chi connectivity index (χ3v) is 5.38. The molecule has 5 N–H and O–H groups in total. The van der Waals surface area contributed by atoms with E-state index in [1.165, 1.54) is 10.9 Å². The minimum Gasteiger partial charge on any atom is -0.387 e. The Balaban J connectivity index is 1.54. The standard InChI is InChI=1S/C23H26N6O4/c1-2-3-4-8-11-15-27-20(24)16-21(28-15)29(13-26-16)23-18(31)17(30)19(33-23)22(32)25-12-14-9-6-5-7-10-14/h5-7,9-10,13,17-19,23,30-31H,2-4,12H2,1H3,(H,25,32)(H2,24,27,28)/t17-,18+,19-,23+/m0/s1. The van der Waals surface area contributed by atoms with Gasteiger partial charge >= 0.3 is 0 Å². The number of aliphatic hydroxyl groups excluding tert-OH is 2. The van der Waals surface area contributed by atoms with E-state index in [0.717, 1.165) is 18.4 Å². The van der Waals surface area contributed by atoms with E-state index in [0.29, 0.717) is 17.6 Å². The second-order valence-corrected chi connectivity index (χ2v) is 7.79. The highest BCUT2D eigenvalue weighted by Crippen LogP contribution is 2.32. The number of rotatable bonds is 6. The van der Waals surface area contributed by atoms with E-state index in [9.17, 15) is 15.0 Å². The molecule has 1 aliphatic rings. The van der Waals surface area contributed by atoms with Crippen molar-refractivity contribution in [2.75, 3.05) is 5.73 Å². The molecule has 0 saturated carbocycles. The molecule has 4 rings (SSSR count). The van der Waals surface area contributed by atoms with Gasteiger partial charge in [0.25, 0.3) is 5.91 Å². The van der Waals surface area contributed by atoms with Crippen LogP contribution in [0.3, 0.4) is 0 Å². The van der Waals surface area contributed by atoms with Crippen molar-refractivity contribution in [1.29, 1.82) is 0 Å². The number of carbonyl (C=O) groups excluding carboxylic acids is 1. The lowest BCUT2D eigenvalue weighted by atomic mass is 10.1. The Labute approximate surface area is 190 Å². The van der Waals surface area contributed by atoms with E-state index in [1.54, 1.807) is 0 Å². The number of aliphatic hydroxyl groups is 2. The highest BCUT2D eigenvalue weighted by molar-refractivity contribution is 5.83. The van der Waals surface area contributed by atoms with Crippen LogP contribution in [-0.4, -0.2) is 54.0 Å². The summed E-state index contributed by atoms with van der Waals surface area (Å²) in [4.78, 5) is 25.4. The summed E-state index contributed by atoms with van der Waals surface area (Å²) in [6, 6.07) is 9.34. The van der Waals surface area contributed by atoms with Crippen molar-refractivity contribution in [2.24, 2.45) is 0 Å². The molecule has 10 nitrogen and oxygen atoms in total. The average Bonchev–Trinajstić information content (AvgIpc) is 3.37. The van der Waals surface area contributed by atoms with Crippen molar-refractivity contribution in [3.8, 4) is 11.8 Å². The maximum Gasteiger partial charge on any atom is 0.252 e. The van der Waals surface area contributed by atoms with E-state index in [4.69, 9.17) is 10.5 Å². The van der Waals surface area contributed by atoms with Crippen molar-refractivity contribution in [3.63, 3.8) is 0 Å². The van der Waals surface area contributed by atoms with Gasteiger partial charge in [-0.2, -0.15) is 0 Å². The predicted molar refractivity (Wildman–Crippen MR) is 120 cm³/mol. The minimum atomic E-state index is -1.43. The molecule has 0 bridgehead atoms. The number of carbonyl (C=O) groups is 1. The number of fused-ring (bicyclic) bond motifs is 1. The molecule has 2 aromatic heterocycles. The Kier molecular flexibility index (Phi) is 6.84. The summed E-state index contributed by atoms with van der Waals surface area (Å²) in [5.74, 6) is 5.73. The molecule has 1 aromatic carbocycles. The van der Waals surface area contributed by atoms with Gasteiger partial charge in [0, 0.05) is 13.0 Å². The molecule has 33 heavy (non-hydrogen) atoms. The molecule has 10 heteroatoms. The van der Waals surface area contributed by atoms with Gasteiger partial charge in [-0.3, -0.25) is 9.36 Å². The molecule has 4 atom stereocenters. The number of hydrogen-bond acceptors (Lipinski definition) is 8. The Bertz CT molecular complexity index is 1190. The Hall–Kier alpha value is -3.52. The number of ether oxygens (including phenoxy) is 1. The van der Waals surface area contributed by atoms with Crippen LogP contribution in [-0.2, 0) is 16.1 Å². The number of nitrogens with one attached hydrogen (secondary N) is 1. The van der Waals surface area contributed by atoms with Gasteiger partial charge in [0.05, 0.1) is 6.33 Å². The number of hydrogen-bond donors (Lipinski definition) is 4. The zero-order chi connectivity index (χ0) is 23.4. The zero-order valence-corrected chi connectivity index (χ0v) is 18.2. The number of unbranched alkanes of at least 4 members (excludes halogenated alkanes) is 2. The lowest BCUT2D eigenvalue weighted by Crippen LogP contribution is -2.42. The molecule has 0 unspecified atom stereocenters. The normalized spacial score (nSPS) is 22.2. The maximum absolute atomic E-state index is 12.6. The van der Waals surface area contributed by atoms with Gasteiger partial charge < -0.3 is 26.0 Å². The number of amides is 1. The van der Waals surface area contributed by atoms with Crippen LogP contribution in [0.15, 0.2) is 36.7 Å². The van der Waals surface area contributed by atoms with Crippen molar-refractivity contribution in [1.82, 2.24) is 24.8 Å². The minimum absolute atomic E-state index is 0.142. The first-order valence-electron chi connectivity index (χ1n) is 10.8. The Morgan fingerprint density at radius 3 is 2.79 bits per heavy atom. The fourth-order valence-electron chi connectivity index (χ4n) is 3.58. The zero-order valence-electron chi connectivity index (χ0n) is 18.2. The van der Waals surface area contributed by atoms with E-state index in [-0.39, 0.29) is 18.2 Å². The van der Waals surface area contributed by atoms with Crippen LogP contribution in [0.25, 0.3) is 11.2 Å². The van der Waals surface area contributed by atoms with Gasteiger partial charge in [0.1, 0.15) is 17.7 Å². The van der Waals surface area contributed by atoms with Crippen LogP contribution >= 0.6 is 0 Å². The summed E-state index contributed by atoms with van der Waals surface area (Å²) >= 11 is 0. The third kappa shape index (κ3) is 4.80. The van der Waals surface area contributed by atoms with E-state index in [1.807, 2.05) is 30.3 Å². The first-order chi connectivity index (χ1) is 16.0. The van der Waals surface area contributed by atoms with Gasteiger partial charge in [-0.25, -0.2) is 15.0 Å². The van der Waals surface area contributed by atoms with E-state index >= 15 is 0 Å². The molecular formula is C23H26N6O4.